The molecule has 0 unspecified atom stereocenters. The quantitative estimate of drug-likeness (QED) is 0.658. The Labute approximate surface area is 151 Å². The van der Waals surface area contributed by atoms with Crippen molar-refractivity contribution in [2.24, 2.45) is 0 Å². The molecule has 0 aliphatic rings. The number of nitrogens with zero attached hydrogens (tertiary/aromatic N) is 3. The first kappa shape index (κ1) is 17.7. The molecule has 7 heteroatoms. The smallest absolute Gasteiger partial charge is 0.341 e. The highest BCUT2D eigenvalue weighted by atomic mass is 16.5. The van der Waals surface area contributed by atoms with Gasteiger partial charge in [-0.1, -0.05) is 0 Å². The van der Waals surface area contributed by atoms with Crippen LogP contribution in [0, 0.1) is 13.8 Å². The molecule has 3 aromatic rings. The number of ether oxygens (including phenoxy) is 2. The molecule has 136 valence electrons. The fraction of sp³-hybridized carbons (Fsp3) is 0.316. The first-order valence-corrected chi connectivity index (χ1v) is 8.35. The van der Waals surface area contributed by atoms with Gasteiger partial charge in [0.1, 0.15) is 12.2 Å². The van der Waals surface area contributed by atoms with E-state index in [1.165, 1.54) is 7.11 Å². The van der Waals surface area contributed by atoms with E-state index in [2.05, 4.69) is 9.55 Å². The highest BCUT2D eigenvalue weighted by Crippen LogP contribution is 2.17. The van der Waals surface area contributed by atoms with Gasteiger partial charge < -0.3 is 18.4 Å². The molecular formula is C19H21N3O4. The summed E-state index contributed by atoms with van der Waals surface area (Å²) in [6.45, 7) is 6.72. The van der Waals surface area contributed by atoms with Crippen molar-refractivity contribution in [3.05, 3.63) is 58.8 Å². The van der Waals surface area contributed by atoms with Crippen molar-refractivity contribution in [1.29, 1.82) is 0 Å². The summed E-state index contributed by atoms with van der Waals surface area (Å²) in [7, 11) is 1.32. The van der Waals surface area contributed by atoms with Crippen LogP contribution in [0.5, 0.6) is 0 Å². The number of hydrogen-bond donors (Lipinski definition) is 0. The minimum Gasteiger partial charge on any atom is -0.465 e. The molecule has 0 fully saturated rings. The lowest BCUT2D eigenvalue weighted by atomic mass is 10.2. The lowest BCUT2D eigenvalue weighted by Gasteiger charge is -2.06. The Bertz CT molecular complexity index is 984. The fourth-order valence-corrected chi connectivity index (χ4v) is 3.11. The molecule has 3 aromatic heterocycles. The molecule has 0 spiro atoms. The molecule has 3 heterocycles. The molecule has 0 aromatic carbocycles. The van der Waals surface area contributed by atoms with Crippen LogP contribution in [-0.4, -0.2) is 33.0 Å². The van der Waals surface area contributed by atoms with Crippen molar-refractivity contribution in [2.75, 3.05) is 7.11 Å². The largest absolute Gasteiger partial charge is 0.465 e. The van der Waals surface area contributed by atoms with Gasteiger partial charge in [-0.3, -0.25) is 0 Å². The Kier molecular flexibility index (Phi) is 4.79. The number of rotatable bonds is 5. The van der Waals surface area contributed by atoms with Crippen molar-refractivity contribution in [1.82, 2.24) is 14.0 Å². The van der Waals surface area contributed by atoms with Crippen LogP contribution >= 0.6 is 0 Å². The van der Waals surface area contributed by atoms with Gasteiger partial charge in [0.2, 0.25) is 0 Å². The molecule has 0 aliphatic heterocycles. The second kappa shape index (κ2) is 7.03. The first-order chi connectivity index (χ1) is 12.5. The third kappa shape index (κ3) is 3.08. The van der Waals surface area contributed by atoms with Crippen molar-refractivity contribution >= 4 is 17.6 Å². The van der Waals surface area contributed by atoms with E-state index in [9.17, 15) is 9.59 Å². The summed E-state index contributed by atoms with van der Waals surface area (Å²) >= 11 is 0. The summed E-state index contributed by atoms with van der Waals surface area (Å²) in [6, 6.07) is 5.21. The molecular weight excluding hydrogens is 334 g/mol. The van der Waals surface area contributed by atoms with Gasteiger partial charge in [-0.2, -0.15) is 0 Å². The summed E-state index contributed by atoms with van der Waals surface area (Å²) in [5, 5.41) is 0. The number of pyridine rings is 1. The average molecular weight is 355 g/mol. The molecule has 0 atom stereocenters. The number of imidazole rings is 1. The molecule has 0 N–H and O–H groups in total. The van der Waals surface area contributed by atoms with Crippen LogP contribution in [0.4, 0.5) is 0 Å². The Morgan fingerprint density at radius 3 is 2.62 bits per heavy atom. The number of aromatic nitrogens is 3. The molecule has 0 radical (unpaired) electrons. The van der Waals surface area contributed by atoms with Gasteiger partial charge in [-0.25, -0.2) is 14.6 Å². The van der Waals surface area contributed by atoms with Gasteiger partial charge in [-0.15, -0.1) is 0 Å². The van der Waals surface area contributed by atoms with Crippen molar-refractivity contribution in [3.8, 4) is 0 Å². The zero-order valence-electron chi connectivity index (χ0n) is 15.3. The second-order valence-electron chi connectivity index (χ2n) is 5.98. The molecule has 3 rings (SSSR count). The Balaban J connectivity index is 1.80. The SMILES string of the molecule is CCn1c(C)cc(C(=O)OCc2cn3cccc(C(=O)OC)c3n2)c1C. The Morgan fingerprint density at radius 1 is 1.19 bits per heavy atom. The first-order valence-electron chi connectivity index (χ1n) is 8.35. The van der Waals surface area contributed by atoms with E-state index in [1.54, 1.807) is 28.9 Å². The van der Waals surface area contributed by atoms with E-state index < -0.39 is 5.97 Å². The maximum atomic E-state index is 12.4. The predicted molar refractivity (Wildman–Crippen MR) is 95.2 cm³/mol. The third-order valence-electron chi connectivity index (χ3n) is 4.40. The van der Waals surface area contributed by atoms with Gasteiger partial charge in [0.05, 0.1) is 18.4 Å². The lowest BCUT2D eigenvalue weighted by Crippen LogP contribution is -2.07. The average Bonchev–Trinajstić information content (AvgIpc) is 3.18. The molecule has 0 saturated carbocycles. The number of fused-ring (bicyclic) bond motifs is 1. The number of carbonyl (C=O) groups excluding carboxylic acids is 2. The van der Waals surface area contributed by atoms with E-state index in [1.807, 2.05) is 26.8 Å². The van der Waals surface area contributed by atoms with Crippen LogP contribution < -0.4 is 0 Å². The summed E-state index contributed by atoms with van der Waals surface area (Å²) in [5.74, 6) is -0.847. The van der Waals surface area contributed by atoms with Crippen LogP contribution in [0.1, 0.15) is 44.7 Å². The number of methoxy groups -OCH3 is 1. The molecule has 26 heavy (non-hydrogen) atoms. The van der Waals surface area contributed by atoms with Crippen LogP contribution in [0.3, 0.4) is 0 Å². The zero-order chi connectivity index (χ0) is 18.8. The van der Waals surface area contributed by atoms with Gasteiger partial charge in [0, 0.05) is 30.3 Å². The van der Waals surface area contributed by atoms with E-state index >= 15 is 0 Å². The second-order valence-corrected chi connectivity index (χ2v) is 5.98. The lowest BCUT2D eigenvalue weighted by molar-refractivity contribution is 0.0466. The molecule has 0 bridgehead atoms. The molecule has 7 nitrogen and oxygen atoms in total. The highest BCUT2D eigenvalue weighted by molar-refractivity contribution is 5.95. The van der Waals surface area contributed by atoms with Crippen molar-refractivity contribution < 1.29 is 19.1 Å². The summed E-state index contributed by atoms with van der Waals surface area (Å²) in [5.41, 5.74) is 3.85. The zero-order valence-corrected chi connectivity index (χ0v) is 15.3. The standard InChI is InChI=1S/C19H21N3O4/c1-5-22-12(2)9-16(13(22)3)19(24)26-11-14-10-21-8-6-7-15(17(21)20-14)18(23)25-4/h6-10H,5,11H2,1-4H3. The normalized spacial score (nSPS) is 10.9. The summed E-state index contributed by atoms with van der Waals surface area (Å²) < 4.78 is 14.0. The van der Waals surface area contributed by atoms with Gasteiger partial charge >= 0.3 is 11.9 Å². The van der Waals surface area contributed by atoms with Crippen LogP contribution in [0.15, 0.2) is 30.6 Å². The number of carbonyl (C=O) groups is 2. The monoisotopic (exact) mass is 355 g/mol. The van der Waals surface area contributed by atoms with Gasteiger partial charge in [0.15, 0.2) is 5.65 Å². The number of aryl methyl sites for hydroxylation is 1. The Hall–Kier alpha value is -3.09. The molecule has 0 amide bonds. The van der Waals surface area contributed by atoms with E-state index in [-0.39, 0.29) is 12.6 Å². The topological polar surface area (TPSA) is 74.8 Å². The third-order valence-corrected chi connectivity index (χ3v) is 4.40. The molecule has 0 saturated heterocycles. The highest BCUT2D eigenvalue weighted by Gasteiger charge is 2.18. The number of esters is 2. The van der Waals surface area contributed by atoms with Gasteiger partial charge in [0.25, 0.3) is 0 Å². The number of hydrogen-bond acceptors (Lipinski definition) is 5. The summed E-state index contributed by atoms with van der Waals surface area (Å²) in [6.07, 6.45) is 3.50. The van der Waals surface area contributed by atoms with E-state index in [0.29, 0.717) is 22.5 Å². The van der Waals surface area contributed by atoms with Gasteiger partial charge in [-0.05, 0) is 39.0 Å². The maximum Gasteiger partial charge on any atom is 0.341 e. The van der Waals surface area contributed by atoms with Crippen LogP contribution in [0.25, 0.3) is 5.65 Å². The van der Waals surface area contributed by atoms with Crippen molar-refractivity contribution in [3.63, 3.8) is 0 Å². The minimum absolute atomic E-state index is 0.0247. The fourth-order valence-electron chi connectivity index (χ4n) is 3.11. The van der Waals surface area contributed by atoms with Crippen LogP contribution in [0.2, 0.25) is 0 Å². The maximum absolute atomic E-state index is 12.4. The van der Waals surface area contributed by atoms with Crippen LogP contribution in [-0.2, 0) is 22.6 Å². The van der Waals surface area contributed by atoms with E-state index in [4.69, 9.17) is 9.47 Å². The predicted octanol–water partition coefficient (Wildman–Crippen LogP) is 2.92. The minimum atomic E-state index is -0.461. The summed E-state index contributed by atoms with van der Waals surface area (Å²) in [4.78, 5) is 28.6. The van der Waals surface area contributed by atoms with E-state index in [0.717, 1.165) is 17.9 Å². The van der Waals surface area contributed by atoms with Crippen molar-refractivity contribution in [2.45, 2.75) is 33.9 Å². The molecule has 0 aliphatic carbocycles. The Morgan fingerprint density at radius 2 is 1.96 bits per heavy atom.